The van der Waals surface area contributed by atoms with E-state index in [1.54, 1.807) is 36.4 Å². The number of nitrogens with zero attached hydrogens (tertiary/aromatic N) is 6. The van der Waals surface area contributed by atoms with Crippen LogP contribution in [0.1, 0.15) is 0 Å². The van der Waals surface area contributed by atoms with Gasteiger partial charge in [0.2, 0.25) is 0 Å². The normalized spacial score (nSPS) is 19.0. The van der Waals surface area contributed by atoms with Crippen LogP contribution in [0.4, 0.5) is 34.1 Å². The lowest BCUT2D eigenvalue weighted by atomic mass is 9.55. The maximum Gasteiger partial charge on any atom is 0.323 e. The second-order valence-electron chi connectivity index (χ2n) is 14.6. The third kappa shape index (κ3) is 5.28. The minimum absolute atomic E-state index is 0.152. The quantitative estimate of drug-likeness (QED) is 0.116. The number of hydrogen-bond donors (Lipinski definition) is 4. The summed E-state index contributed by atoms with van der Waals surface area (Å²) in [5, 5.41) is 52.1. The molecule has 4 N–H and O–H groups in total. The van der Waals surface area contributed by atoms with Gasteiger partial charge in [0.25, 0.3) is 17.2 Å². The Labute approximate surface area is 357 Å². The van der Waals surface area contributed by atoms with Crippen LogP contribution in [-0.4, -0.2) is 56.9 Å². The number of amides is 6. The summed E-state index contributed by atoms with van der Waals surface area (Å²) in [6, 6.07) is 42.9. The summed E-state index contributed by atoms with van der Waals surface area (Å²) >= 11 is 0. The highest BCUT2D eigenvalue weighted by Crippen LogP contribution is 2.56. The summed E-state index contributed by atoms with van der Waals surface area (Å²) in [7, 11) is 0. The van der Waals surface area contributed by atoms with E-state index in [1.165, 1.54) is 146 Å². The number of carbonyl (C=O) groups is 6. The van der Waals surface area contributed by atoms with Crippen LogP contribution in [0.2, 0.25) is 0 Å². The van der Waals surface area contributed by atoms with E-state index in [0.29, 0.717) is 30.1 Å². The molecule has 63 heavy (non-hydrogen) atoms. The van der Waals surface area contributed by atoms with Gasteiger partial charge < -0.3 is 10.4 Å². The minimum Gasteiger partial charge on any atom is -0.599 e. The first-order valence-corrected chi connectivity index (χ1v) is 19.3. The average Bonchev–Trinajstić information content (AvgIpc) is 3.80. The topological polar surface area (TPSA) is 217 Å². The Hall–Kier alpha value is -8.10. The van der Waals surface area contributed by atoms with Gasteiger partial charge in [-0.3, -0.25) is 28.8 Å². The molecule has 0 saturated carbocycles. The fourth-order valence-electron chi connectivity index (χ4n) is 8.84. The lowest BCUT2D eigenvalue weighted by molar-refractivity contribution is -1.10. The molecule has 3 saturated heterocycles. The van der Waals surface area contributed by atoms with Crippen molar-refractivity contribution in [3.8, 4) is 0 Å². The third-order valence-corrected chi connectivity index (χ3v) is 11.5. The van der Waals surface area contributed by atoms with Crippen LogP contribution in [0.15, 0.2) is 182 Å². The summed E-state index contributed by atoms with van der Waals surface area (Å²) in [5.41, 5.74) is -13.7. The summed E-state index contributed by atoms with van der Waals surface area (Å²) in [6.07, 6.45) is 0. The second kappa shape index (κ2) is 15.1. The van der Waals surface area contributed by atoms with Crippen molar-refractivity contribution >= 4 is 69.6 Å². The predicted molar refractivity (Wildman–Crippen MR) is 224 cm³/mol. The van der Waals surface area contributed by atoms with Crippen LogP contribution in [-0.2, 0) is 28.8 Å². The van der Waals surface area contributed by atoms with Crippen LogP contribution in [0.3, 0.4) is 0 Å². The van der Waals surface area contributed by atoms with Crippen LogP contribution in [0.5, 0.6) is 0 Å². The van der Waals surface area contributed by atoms with E-state index in [4.69, 9.17) is 0 Å². The fourth-order valence-corrected chi connectivity index (χ4v) is 8.84. The molecule has 0 radical (unpaired) electrons. The molecule has 3 aliphatic heterocycles. The average molecular weight is 847 g/mol. The van der Waals surface area contributed by atoms with Crippen molar-refractivity contribution in [1.29, 1.82) is 0 Å². The van der Waals surface area contributed by atoms with Crippen LogP contribution in [0, 0.1) is 15.8 Å². The van der Waals surface area contributed by atoms with Gasteiger partial charge in [0.1, 0.15) is 0 Å². The van der Waals surface area contributed by atoms with E-state index in [9.17, 15) is 20.8 Å². The van der Waals surface area contributed by atoms with Gasteiger partial charge in [0, 0.05) is 0 Å². The highest BCUT2D eigenvalue weighted by molar-refractivity contribution is 6.45. The standard InChI is InChI=1S/C45H34N8O10/c54-37-43(38(55)47(32-21-9-2-10-22-32)46(37)31-19-7-1-8-20-31,44(52(60)61)39(56)48(33-23-11-3-12-24-33)49(40(44)57)34-25-13-4-14-26-34)45(53(62)63)41(58)50(35-27-15-5-16-28-35)51(42(45)59)36-29-17-6-18-30-36/h1-30,52-53,60,62H. The molecule has 0 aliphatic carbocycles. The smallest absolute Gasteiger partial charge is 0.323 e. The van der Waals surface area contributed by atoms with Crippen molar-refractivity contribution in [3.05, 3.63) is 192 Å². The molecule has 18 heteroatoms. The summed E-state index contributed by atoms with van der Waals surface area (Å²) in [4.78, 5) is 96.7. The molecule has 2 unspecified atom stereocenters. The number of quaternary nitrogens is 2. The molecule has 3 fully saturated rings. The first-order valence-electron chi connectivity index (χ1n) is 19.3. The van der Waals surface area contributed by atoms with E-state index in [-0.39, 0.29) is 34.1 Å². The van der Waals surface area contributed by atoms with E-state index < -0.39 is 62.4 Å². The van der Waals surface area contributed by atoms with Gasteiger partial charge in [-0.1, -0.05) is 109 Å². The third-order valence-electron chi connectivity index (χ3n) is 11.5. The molecular weight excluding hydrogens is 813 g/mol. The number of hydrogen-bond acceptors (Lipinski definition) is 10. The van der Waals surface area contributed by atoms with Crippen molar-refractivity contribution in [2.24, 2.45) is 5.41 Å². The van der Waals surface area contributed by atoms with Gasteiger partial charge in [-0.15, -0.1) is 0 Å². The molecule has 6 aromatic rings. The largest absolute Gasteiger partial charge is 0.599 e. The van der Waals surface area contributed by atoms with Crippen molar-refractivity contribution < 1.29 is 49.6 Å². The molecule has 3 aliphatic rings. The molecule has 0 spiro atoms. The van der Waals surface area contributed by atoms with Gasteiger partial charge in [0.15, 0.2) is 0 Å². The molecule has 0 bridgehead atoms. The van der Waals surface area contributed by atoms with Gasteiger partial charge in [0.05, 0.1) is 34.1 Å². The van der Waals surface area contributed by atoms with Crippen molar-refractivity contribution in [3.63, 3.8) is 0 Å². The number of anilines is 6. The van der Waals surface area contributed by atoms with E-state index in [2.05, 4.69) is 0 Å². The van der Waals surface area contributed by atoms with Crippen LogP contribution in [0.25, 0.3) is 0 Å². The van der Waals surface area contributed by atoms with Gasteiger partial charge in [-0.2, -0.15) is 0 Å². The second-order valence-corrected chi connectivity index (χ2v) is 14.6. The number of nitrogens with one attached hydrogen (secondary N) is 2. The first-order chi connectivity index (χ1) is 30.5. The summed E-state index contributed by atoms with van der Waals surface area (Å²) < 4.78 is 0. The lowest BCUT2D eigenvalue weighted by Crippen LogP contribution is -3.27. The molecular formula is C45H34N8O10. The fraction of sp³-hybridized carbons (Fsp3) is 0.0667. The van der Waals surface area contributed by atoms with Crippen LogP contribution < -0.4 is 40.5 Å². The zero-order valence-electron chi connectivity index (χ0n) is 32.7. The number of hydrazine groups is 3. The number of rotatable bonds is 10. The molecule has 9 rings (SSSR count). The van der Waals surface area contributed by atoms with Crippen molar-refractivity contribution in [1.82, 2.24) is 0 Å². The molecule has 2 atom stereocenters. The Morgan fingerprint density at radius 1 is 0.302 bits per heavy atom. The maximum absolute atomic E-state index is 16.4. The Balaban J connectivity index is 1.47. The van der Waals surface area contributed by atoms with Gasteiger partial charge in [-0.05, 0) is 72.8 Å². The lowest BCUT2D eigenvalue weighted by Gasteiger charge is -2.47. The van der Waals surface area contributed by atoms with E-state index in [0.717, 1.165) is 0 Å². The molecule has 3 heterocycles. The molecule has 314 valence electrons. The first kappa shape index (κ1) is 40.3. The highest BCUT2D eigenvalue weighted by atomic mass is 16.8. The number of para-hydroxylation sites is 6. The Kier molecular flexibility index (Phi) is 9.67. The molecule has 6 amide bonds. The van der Waals surface area contributed by atoms with Gasteiger partial charge >= 0.3 is 34.7 Å². The number of carbonyl (C=O) groups excluding carboxylic acids is 6. The maximum atomic E-state index is 16.4. The monoisotopic (exact) mass is 846 g/mol. The zero-order chi connectivity index (χ0) is 44.3. The summed E-state index contributed by atoms with van der Waals surface area (Å²) in [6.45, 7) is 0. The molecule has 0 aromatic heterocycles. The van der Waals surface area contributed by atoms with Gasteiger partial charge in [-0.25, -0.2) is 50.9 Å². The van der Waals surface area contributed by atoms with Crippen LogP contribution >= 0.6 is 0 Å². The number of benzene rings is 6. The highest BCUT2D eigenvalue weighted by Gasteiger charge is 2.98. The SMILES string of the molecule is O=C1N(c2ccccc2)N(c2ccccc2)C(=O)C1([NH+]([O-])O)C1(C2([NH+]([O-])O)C(=O)N(c3ccccc3)N(c3ccccc3)C2=O)C(=O)N(c2ccccc2)N(c2ccccc2)C1=O. The van der Waals surface area contributed by atoms with E-state index in [1.807, 2.05) is 0 Å². The Bertz CT molecular complexity index is 2450. The Morgan fingerprint density at radius 3 is 0.619 bits per heavy atom. The number of hydroxylamine groups is 4. The molecule has 18 nitrogen and oxygen atoms in total. The van der Waals surface area contributed by atoms with Crippen molar-refractivity contribution in [2.75, 3.05) is 30.1 Å². The molecule has 6 aromatic carbocycles. The summed E-state index contributed by atoms with van der Waals surface area (Å²) in [5.74, 6) is -10.9. The minimum atomic E-state index is -4.31. The van der Waals surface area contributed by atoms with Crippen molar-refractivity contribution in [2.45, 2.75) is 11.1 Å². The predicted octanol–water partition coefficient (Wildman–Crippen LogP) is 1.98. The van der Waals surface area contributed by atoms with E-state index >= 15 is 28.8 Å². The Morgan fingerprint density at radius 2 is 0.460 bits per heavy atom. The zero-order valence-corrected chi connectivity index (χ0v) is 32.7.